The highest BCUT2D eigenvalue weighted by atomic mass is 32.1. The summed E-state index contributed by atoms with van der Waals surface area (Å²) in [5, 5.41) is 23.3. The Kier molecular flexibility index (Phi) is 10.1. The number of benzene rings is 1. The van der Waals surface area contributed by atoms with Gasteiger partial charge in [-0.2, -0.15) is 0 Å². The summed E-state index contributed by atoms with van der Waals surface area (Å²) in [6.45, 7) is 11.1. The Morgan fingerprint density at radius 1 is 1.12 bits per heavy atom. The van der Waals surface area contributed by atoms with Crippen molar-refractivity contribution in [2.24, 2.45) is 5.41 Å². The van der Waals surface area contributed by atoms with E-state index in [0.29, 0.717) is 49.1 Å². The number of fused-ring (bicyclic) bond motifs is 8. The first-order chi connectivity index (χ1) is 19.5. The maximum atomic E-state index is 14.0. The van der Waals surface area contributed by atoms with Gasteiger partial charge in [0, 0.05) is 22.4 Å². The van der Waals surface area contributed by atoms with Crippen LogP contribution in [0.3, 0.4) is 0 Å². The van der Waals surface area contributed by atoms with Crippen LogP contribution in [0.25, 0.3) is 0 Å². The van der Waals surface area contributed by atoms with Gasteiger partial charge in [-0.25, -0.2) is 4.79 Å². The minimum absolute atomic E-state index is 0.00537. The molecule has 1 aromatic heterocycles. The zero-order chi connectivity index (χ0) is 29.8. The number of ketones is 1. The molecule has 7 heteroatoms. The van der Waals surface area contributed by atoms with Crippen molar-refractivity contribution in [2.45, 2.75) is 104 Å². The predicted molar refractivity (Wildman–Crippen MR) is 165 cm³/mol. The van der Waals surface area contributed by atoms with E-state index in [-0.39, 0.29) is 24.9 Å². The molecule has 0 saturated heterocycles. The third-order valence-corrected chi connectivity index (χ3v) is 10.4. The van der Waals surface area contributed by atoms with Gasteiger partial charge in [0.1, 0.15) is 0 Å². The lowest BCUT2D eigenvalue weighted by Crippen LogP contribution is -2.54. The fourth-order valence-corrected chi connectivity index (χ4v) is 7.74. The van der Waals surface area contributed by atoms with E-state index < -0.39 is 23.2 Å². The number of hydrogen-bond acceptors (Lipinski definition) is 6. The normalized spacial score (nSPS) is 26.7. The number of thiophene rings is 1. The lowest BCUT2D eigenvalue weighted by atomic mass is 9.64. The first kappa shape index (κ1) is 31.5. The van der Waals surface area contributed by atoms with Crippen LogP contribution >= 0.6 is 11.3 Å². The molecule has 0 spiro atoms. The molecule has 4 unspecified atom stereocenters. The van der Waals surface area contributed by atoms with Crippen molar-refractivity contribution in [1.29, 1.82) is 0 Å². The second-order valence-corrected chi connectivity index (χ2v) is 13.6. The maximum absolute atomic E-state index is 14.0. The highest BCUT2D eigenvalue weighted by molar-refractivity contribution is 7.14. The third-order valence-electron chi connectivity index (χ3n) is 9.35. The van der Waals surface area contributed by atoms with Crippen molar-refractivity contribution in [3.05, 3.63) is 68.4 Å². The molecule has 4 atom stereocenters. The number of nitrogens with zero attached hydrogens (tertiary/aromatic N) is 1. The fourth-order valence-electron chi connectivity index (χ4n) is 6.92. The molecule has 224 valence electrons. The van der Waals surface area contributed by atoms with Gasteiger partial charge in [-0.05, 0) is 107 Å². The number of carbonyl (C=O) groups excluding carboxylic acids is 2. The standard InChI is InChI=1S/C34H47NO5S/c1-6-19-35(32(38)40-7-2)22-34(39)18-16-29-27-14-12-25(21-28(27)31(37)30-15-11-24(4)41-30)20-26(36)13-10-23(3)9-8-17-33(29,34)5/h9,11-12,14-15,21,26,29,36,39H,6-8,10,13,16-20,22H2,1-5H3. The molecule has 6 nitrogen and oxygen atoms in total. The summed E-state index contributed by atoms with van der Waals surface area (Å²) in [5.41, 5.74) is 2.06. The van der Waals surface area contributed by atoms with Crippen molar-refractivity contribution < 1.29 is 24.5 Å². The van der Waals surface area contributed by atoms with Crippen LogP contribution in [0.4, 0.5) is 4.79 Å². The number of carbonyl (C=O) groups is 2. The molecule has 0 aliphatic heterocycles. The van der Waals surface area contributed by atoms with Gasteiger partial charge in [0.15, 0.2) is 0 Å². The lowest BCUT2D eigenvalue weighted by molar-refractivity contribution is -0.0809. The van der Waals surface area contributed by atoms with E-state index in [0.717, 1.165) is 35.3 Å². The zero-order valence-electron chi connectivity index (χ0n) is 25.4. The summed E-state index contributed by atoms with van der Waals surface area (Å²) >= 11 is 1.50. The van der Waals surface area contributed by atoms with Crippen LogP contribution in [0.5, 0.6) is 0 Å². The molecular formula is C34H47NO5S. The molecule has 1 fully saturated rings. The van der Waals surface area contributed by atoms with Gasteiger partial charge in [-0.15, -0.1) is 11.3 Å². The summed E-state index contributed by atoms with van der Waals surface area (Å²) < 4.78 is 5.36. The summed E-state index contributed by atoms with van der Waals surface area (Å²) in [7, 11) is 0. The van der Waals surface area contributed by atoms with E-state index in [1.54, 1.807) is 11.8 Å². The SMILES string of the molecule is CCCN(CC1(O)CCC2c3ccc(cc3C(=O)c3ccc(C)s3)CC(O)CCC(C)=CCCC21C)C(=O)OCC. The van der Waals surface area contributed by atoms with E-state index in [2.05, 4.69) is 26.0 Å². The Labute approximate surface area is 249 Å². The molecule has 2 aromatic rings. The van der Waals surface area contributed by atoms with Crippen molar-refractivity contribution in [3.63, 3.8) is 0 Å². The molecule has 1 amide bonds. The smallest absolute Gasteiger partial charge is 0.409 e. The highest BCUT2D eigenvalue weighted by Gasteiger charge is 2.57. The highest BCUT2D eigenvalue weighted by Crippen LogP contribution is 2.59. The van der Waals surface area contributed by atoms with Gasteiger partial charge >= 0.3 is 6.09 Å². The summed E-state index contributed by atoms with van der Waals surface area (Å²) in [6.07, 6.45) is 6.82. The second-order valence-electron chi connectivity index (χ2n) is 12.3. The topological polar surface area (TPSA) is 87.1 Å². The Morgan fingerprint density at radius 3 is 2.59 bits per heavy atom. The van der Waals surface area contributed by atoms with Crippen LogP contribution in [0, 0.1) is 12.3 Å². The molecule has 0 radical (unpaired) electrons. The fraction of sp³-hybridized carbons (Fsp3) is 0.588. The molecule has 1 aromatic carbocycles. The Hall–Kier alpha value is -2.48. The van der Waals surface area contributed by atoms with Crippen LogP contribution in [0.2, 0.25) is 0 Å². The van der Waals surface area contributed by atoms with Crippen LogP contribution in [-0.2, 0) is 11.2 Å². The molecule has 2 bridgehead atoms. The zero-order valence-corrected chi connectivity index (χ0v) is 26.2. The molecule has 1 heterocycles. The van der Waals surface area contributed by atoms with Gasteiger partial charge in [0.2, 0.25) is 5.78 Å². The van der Waals surface area contributed by atoms with Gasteiger partial charge in [0.25, 0.3) is 0 Å². The van der Waals surface area contributed by atoms with Crippen LogP contribution in [0.1, 0.15) is 110 Å². The number of hydrogen-bond donors (Lipinski definition) is 2. The molecule has 3 aliphatic carbocycles. The number of aliphatic hydroxyl groups is 2. The van der Waals surface area contributed by atoms with E-state index in [9.17, 15) is 19.8 Å². The van der Waals surface area contributed by atoms with Crippen molar-refractivity contribution >= 4 is 23.2 Å². The number of allylic oxidation sites excluding steroid dienone is 2. The van der Waals surface area contributed by atoms with E-state index >= 15 is 0 Å². The summed E-state index contributed by atoms with van der Waals surface area (Å²) in [5.74, 6) is -0.0806. The Bertz CT molecular complexity index is 1270. The van der Waals surface area contributed by atoms with Gasteiger partial charge < -0.3 is 19.8 Å². The van der Waals surface area contributed by atoms with Crippen LogP contribution in [-0.4, -0.2) is 58.4 Å². The van der Waals surface area contributed by atoms with Gasteiger partial charge in [0.05, 0.1) is 29.7 Å². The van der Waals surface area contributed by atoms with Crippen LogP contribution in [0.15, 0.2) is 42.0 Å². The predicted octanol–water partition coefficient (Wildman–Crippen LogP) is 7.19. The van der Waals surface area contributed by atoms with Gasteiger partial charge in [-0.1, -0.05) is 37.6 Å². The molecule has 5 rings (SSSR count). The number of aliphatic hydroxyl groups excluding tert-OH is 1. The number of amides is 1. The average molecular weight is 582 g/mol. The first-order valence-corrected chi connectivity index (χ1v) is 16.0. The van der Waals surface area contributed by atoms with Crippen molar-refractivity contribution in [2.75, 3.05) is 19.7 Å². The third kappa shape index (κ3) is 6.79. The minimum Gasteiger partial charge on any atom is -0.450 e. The van der Waals surface area contributed by atoms with Crippen molar-refractivity contribution in [3.8, 4) is 0 Å². The largest absolute Gasteiger partial charge is 0.450 e. The number of rotatable bonds is 7. The molecule has 3 aliphatic rings. The number of aryl methyl sites for hydroxylation is 1. The quantitative estimate of drug-likeness (QED) is 0.267. The Morgan fingerprint density at radius 2 is 1.90 bits per heavy atom. The number of ether oxygens (including phenoxy) is 1. The first-order valence-electron chi connectivity index (χ1n) is 15.2. The minimum atomic E-state index is -1.15. The van der Waals surface area contributed by atoms with Crippen LogP contribution < -0.4 is 0 Å². The molecule has 1 saturated carbocycles. The van der Waals surface area contributed by atoms with E-state index in [4.69, 9.17) is 4.74 Å². The lowest BCUT2D eigenvalue weighted by Gasteiger charge is -2.46. The van der Waals surface area contributed by atoms with Gasteiger partial charge in [-0.3, -0.25) is 4.79 Å². The molecular weight excluding hydrogens is 534 g/mol. The average Bonchev–Trinajstić information content (AvgIpc) is 3.47. The Balaban J connectivity index is 1.82. The molecule has 2 N–H and O–H groups in total. The van der Waals surface area contributed by atoms with E-state index in [1.807, 2.05) is 38.1 Å². The van der Waals surface area contributed by atoms with E-state index in [1.165, 1.54) is 16.9 Å². The second kappa shape index (κ2) is 13.2. The monoisotopic (exact) mass is 581 g/mol. The summed E-state index contributed by atoms with van der Waals surface area (Å²) in [4.78, 5) is 30.4. The van der Waals surface area contributed by atoms with Crippen molar-refractivity contribution in [1.82, 2.24) is 4.90 Å². The molecule has 41 heavy (non-hydrogen) atoms. The maximum Gasteiger partial charge on any atom is 0.409 e. The summed E-state index contributed by atoms with van der Waals surface area (Å²) in [6, 6.07) is 9.95.